The third kappa shape index (κ3) is 8.25. The van der Waals surface area contributed by atoms with Gasteiger partial charge in [-0.25, -0.2) is 19.3 Å². The quantitative estimate of drug-likeness (QED) is 0.363. The Hall–Kier alpha value is -3.05. The van der Waals surface area contributed by atoms with E-state index in [1.54, 1.807) is 30.6 Å². The molecule has 0 radical (unpaired) electrons. The first-order chi connectivity index (χ1) is 19.7. The number of benzene rings is 1. The van der Waals surface area contributed by atoms with Crippen molar-refractivity contribution in [3.05, 3.63) is 58.3 Å². The van der Waals surface area contributed by atoms with Gasteiger partial charge in [0.2, 0.25) is 11.8 Å². The second kappa shape index (κ2) is 13.3. The largest absolute Gasteiger partial charge is 0.481 e. The molecule has 2 saturated heterocycles. The molecule has 0 amide bonds. The van der Waals surface area contributed by atoms with E-state index in [2.05, 4.69) is 14.9 Å². The standard InChI is InChI=1S/C29H33Cl2FN6O3/c1-36-6-7-38(18-24(32)17-36)29-33-14-25(15-34-29)41-27-9-20(16-37-4-2-19(3-5-37)10-28(39)40)8-26(35-27)21-11-22(30)13-23(31)12-21/h8-9,11-15,19,24H,2-7,10,16-18H2,1H3,(H,39,40). The van der Waals surface area contributed by atoms with Gasteiger partial charge in [0.05, 0.1) is 24.6 Å². The molecule has 0 saturated carbocycles. The molecule has 4 heterocycles. The number of ether oxygens (including phenoxy) is 1. The molecular weight excluding hydrogens is 570 g/mol. The average Bonchev–Trinajstić information content (AvgIpc) is 3.09. The minimum absolute atomic E-state index is 0.207. The van der Waals surface area contributed by atoms with Gasteiger partial charge in [0.15, 0.2) is 5.75 Å². The second-order valence-corrected chi connectivity index (χ2v) is 11.7. The number of piperidine rings is 1. The lowest BCUT2D eigenvalue weighted by atomic mass is 9.93. The topological polar surface area (TPSA) is 94.9 Å². The molecule has 41 heavy (non-hydrogen) atoms. The first-order valence-corrected chi connectivity index (χ1v) is 14.4. The highest BCUT2D eigenvalue weighted by Crippen LogP contribution is 2.31. The average molecular weight is 604 g/mol. The molecule has 2 fully saturated rings. The summed E-state index contributed by atoms with van der Waals surface area (Å²) in [6, 6.07) is 9.14. The predicted molar refractivity (Wildman–Crippen MR) is 157 cm³/mol. The normalized spacial score (nSPS) is 19.2. The number of carbonyl (C=O) groups is 1. The number of aromatic nitrogens is 3. The molecule has 0 bridgehead atoms. The van der Waals surface area contributed by atoms with E-state index in [0.29, 0.717) is 53.0 Å². The van der Waals surface area contributed by atoms with Crippen LogP contribution in [0, 0.1) is 5.92 Å². The van der Waals surface area contributed by atoms with Gasteiger partial charge in [-0.1, -0.05) is 23.2 Å². The minimum Gasteiger partial charge on any atom is -0.481 e. The third-order valence-electron chi connectivity index (χ3n) is 7.40. The Bertz CT molecular complexity index is 1340. The van der Waals surface area contributed by atoms with Crippen molar-refractivity contribution in [2.24, 2.45) is 5.92 Å². The third-order valence-corrected chi connectivity index (χ3v) is 7.83. The molecule has 9 nitrogen and oxygen atoms in total. The number of rotatable bonds is 8. The van der Waals surface area contributed by atoms with Crippen LogP contribution in [0.25, 0.3) is 11.3 Å². The fraction of sp³-hybridized carbons (Fsp3) is 0.448. The van der Waals surface area contributed by atoms with Gasteiger partial charge in [-0.3, -0.25) is 9.69 Å². The molecule has 3 aromatic rings. The highest BCUT2D eigenvalue weighted by Gasteiger charge is 2.23. The van der Waals surface area contributed by atoms with Crippen molar-refractivity contribution in [1.82, 2.24) is 24.8 Å². The molecule has 5 rings (SSSR count). The van der Waals surface area contributed by atoms with Crippen molar-refractivity contribution >= 4 is 35.1 Å². The molecule has 12 heteroatoms. The highest BCUT2D eigenvalue weighted by molar-refractivity contribution is 6.35. The van der Waals surface area contributed by atoms with Gasteiger partial charge in [0, 0.05) is 54.3 Å². The summed E-state index contributed by atoms with van der Waals surface area (Å²) in [5.74, 6) is 0.695. The van der Waals surface area contributed by atoms with Crippen LogP contribution in [-0.4, -0.2) is 88.3 Å². The second-order valence-electron chi connectivity index (χ2n) is 10.8. The van der Waals surface area contributed by atoms with Crippen molar-refractivity contribution in [3.8, 4) is 22.9 Å². The number of halogens is 3. The lowest BCUT2D eigenvalue weighted by Crippen LogP contribution is -2.33. The lowest BCUT2D eigenvalue weighted by molar-refractivity contribution is -0.138. The zero-order valence-electron chi connectivity index (χ0n) is 22.8. The van der Waals surface area contributed by atoms with Crippen molar-refractivity contribution in [2.75, 3.05) is 51.2 Å². The van der Waals surface area contributed by atoms with Crippen LogP contribution < -0.4 is 9.64 Å². The van der Waals surface area contributed by atoms with E-state index >= 15 is 0 Å². The van der Waals surface area contributed by atoms with Crippen LogP contribution in [0.1, 0.15) is 24.8 Å². The zero-order valence-corrected chi connectivity index (χ0v) is 24.4. The van der Waals surface area contributed by atoms with E-state index in [9.17, 15) is 9.18 Å². The molecule has 1 aromatic carbocycles. The smallest absolute Gasteiger partial charge is 0.303 e. The first-order valence-electron chi connectivity index (χ1n) is 13.7. The Morgan fingerprint density at radius 2 is 1.73 bits per heavy atom. The monoisotopic (exact) mass is 602 g/mol. The molecule has 2 aromatic heterocycles. The van der Waals surface area contributed by atoms with Gasteiger partial charge in [-0.15, -0.1) is 0 Å². The summed E-state index contributed by atoms with van der Waals surface area (Å²) in [7, 11) is 1.90. The number of hydrogen-bond donors (Lipinski definition) is 1. The Kier molecular flexibility index (Phi) is 9.54. The molecule has 1 N–H and O–H groups in total. The molecule has 1 atom stereocenters. The molecule has 2 aliphatic heterocycles. The fourth-order valence-electron chi connectivity index (χ4n) is 5.34. The van der Waals surface area contributed by atoms with Gasteiger partial charge in [-0.2, -0.15) is 0 Å². The molecule has 0 spiro atoms. The van der Waals surface area contributed by atoms with Crippen LogP contribution >= 0.6 is 23.2 Å². The van der Waals surface area contributed by atoms with Crippen LogP contribution in [0.3, 0.4) is 0 Å². The number of carboxylic acid groups (broad SMARTS) is 1. The SMILES string of the molecule is CN1CCN(c2ncc(Oc3cc(CN4CCC(CC(=O)O)CC4)cc(-c4cc(Cl)cc(Cl)c4)n3)cn2)CC(F)C1. The number of likely N-dealkylation sites (tertiary alicyclic amines) is 1. The van der Waals surface area contributed by atoms with Crippen LogP contribution in [0.5, 0.6) is 11.6 Å². The lowest BCUT2D eigenvalue weighted by Gasteiger charge is -2.31. The number of likely N-dealkylation sites (N-methyl/N-ethyl adjacent to an activating group) is 1. The van der Waals surface area contributed by atoms with Gasteiger partial charge in [0.25, 0.3) is 0 Å². The molecule has 2 aliphatic rings. The van der Waals surface area contributed by atoms with Crippen LogP contribution in [-0.2, 0) is 11.3 Å². The van der Waals surface area contributed by atoms with Gasteiger partial charge < -0.3 is 19.6 Å². The number of pyridine rings is 1. The number of carboxylic acids is 1. The summed E-state index contributed by atoms with van der Waals surface area (Å²) in [5, 5.41) is 10.1. The maximum Gasteiger partial charge on any atom is 0.303 e. The number of alkyl halides is 1. The van der Waals surface area contributed by atoms with Crippen molar-refractivity contribution in [3.63, 3.8) is 0 Å². The van der Waals surface area contributed by atoms with E-state index in [4.69, 9.17) is 38.0 Å². The Morgan fingerprint density at radius 3 is 2.41 bits per heavy atom. The van der Waals surface area contributed by atoms with E-state index < -0.39 is 12.1 Å². The van der Waals surface area contributed by atoms with Gasteiger partial charge in [0.1, 0.15) is 6.17 Å². The number of hydrogen-bond acceptors (Lipinski definition) is 8. The molecule has 0 aliphatic carbocycles. The zero-order chi connectivity index (χ0) is 28.9. The van der Waals surface area contributed by atoms with Crippen LogP contribution in [0.15, 0.2) is 42.7 Å². The van der Waals surface area contributed by atoms with E-state index in [1.807, 2.05) is 29.0 Å². The van der Waals surface area contributed by atoms with E-state index in [0.717, 1.165) is 43.6 Å². The summed E-state index contributed by atoms with van der Waals surface area (Å²) >= 11 is 12.6. The fourth-order valence-corrected chi connectivity index (χ4v) is 5.87. The van der Waals surface area contributed by atoms with Crippen molar-refractivity contribution in [1.29, 1.82) is 0 Å². The molecule has 218 valence electrons. The Labute approximate surface area is 248 Å². The van der Waals surface area contributed by atoms with E-state index in [1.165, 1.54) is 0 Å². The van der Waals surface area contributed by atoms with Crippen molar-refractivity contribution < 1.29 is 19.0 Å². The number of nitrogens with zero attached hydrogens (tertiary/aromatic N) is 6. The summed E-state index contributed by atoms with van der Waals surface area (Å²) < 4.78 is 20.4. The maximum absolute atomic E-state index is 14.3. The number of aliphatic carboxylic acids is 1. The van der Waals surface area contributed by atoms with Crippen LogP contribution in [0.4, 0.5) is 10.3 Å². The summed E-state index contributed by atoms with van der Waals surface area (Å²) in [6.45, 7) is 4.29. The van der Waals surface area contributed by atoms with Crippen molar-refractivity contribution in [2.45, 2.75) is 32.0 Å². The maximum atomic E-state index is 14.3. The van der Waals surface area contributed by atoms with Crippen LogP contribution in [0.2, 0.25) is 10.0 Å². The molecule has 1 unspecified atom stereocenters. The summed E-state index contributed by atoms with van der Waals surface area (Å²) in [6.07, 6.45) is 4.07. The Morgan fingerprint density at radius 1 is 1.02 bits per heavy atom. The van der Waals surface area contributed by atoms with Gasteiger partial charge >= 0.3 is 5.97 Å². The van der Waals surface area contributed by atoms with E-state index in [-0.39, 0.29) is 18.9 Å². The molecular formula is C29H33Cl2FN6O3. The Balaban J connectivity index is 1.35. The summed E-state index contributed by atoms with van der Waals surface area (Å²) in [4.78, 5) is 30.8. The number of anilines is 1. The predicted octanol–water partition coefficient (Wildman–Crippen LogP) is 5.41. The summed E-state index contributed by atoms with van der Waals surface area (Å²) in [5.41, 5.74) is 2.40. The first kappa shape index (κ1) is 29.4. The highest BCUT2D eigenvalue weighted by atomic mass is 35.5. The van der Waals surface area contributed by atoms with Gasteiger partial charge in [-0.05, 0) is 68.7 Å². The minimum atomic E-state index is -0.977.